The van der Waals surface area contributed by atoms with Crippen molar-refractivity contribution in [3.05, 3.63) is 46.0 Å². The van der Waals surface area contributed by atoms with Gasteiger partial charge in [-0.1, -0.05) is 41.9 Å². The number of nitrogens with zero attached hydrogens (tertiary/aromatic N) is 2. The highest BCUT2D eigenvalue weighted by Crippen LogP contribution is 2.53. The summed E-state index contributed by atoms with van der Waals surface area (Å²) in [6.07, 6.45) is 4.91. The number of hydrogen-bond donors (Lipinski definition) is 0. The number of halogens is 1. The number of amidine groups is 1. The van der Waals surface area contributed by atoms with Crippen LogP contribution in [-0.4, -0.2) is 23.2 Å². The first-order chi connectivity index (χ1) is 9.79. The SMILES string of the molecule is Clc1cccc(C2(C3=CSC4=NCCCN34)CCC2)c1. The highest BCUT2D eigenvalue weighted by Gasteiger charge is 2.47. The smallest absolute Gasteiger partial charge is 0.167 e. The molecule has 0 radical (unpaired) electrons. The van der Waals surface area contributed by atoms with Gasteiger partial charge in [-0.05, 0) is 42.4 Å². The zero-order valence-corrected chi connectivity index (χ0v) is 12.9. The Morgan fingerprint density at radius 1 is 1.25 bits per heavy atom. The molecular weight excluding hydrogens is 288 g/mol. The second kappa shape index (κ2) is 4.81. The molecule has 20 heavy (non-hydrogen) atoms. The minimum Gasteiger partial charge on any atom is -0.323 e. The molecule has 2 nitrogen and oxygen atoms in total. The summed E-state index contributed by atoms with van der Waals surface area (Å²) in [6, 6.07) is 8.41. The maximum absolute atomic E-state index is 6.21. The van der Waals surface area contributed by atoms with Crippen molar-refractivity contribution in [2.45, 2.75) is 31.1 Å². The molecule has 1 aromatic carbocycles. The Labute approximate surface area is 128 Å². The van der Waals surface area contributed by atoms with E-state index in [2.05, 4.69) is 33.5 Å². The van der Waals surface area contributed by atoms with Crippen molar-refractivity contribution in [2.24, 2.45) is 4.99 Å². The molecule has 0 spiro atoms. The molecule has 1 aliphatic carbocycles. The average molecular weight is 305 g/mol. The van der Waals surface area contributed by atoms with Gasteiger partial charge in [-0.2, -0.15) is 0 Å². The van der Waals surface area contributed by atoms with Crippen molar-refractivity contribution in [3.8, 4) is 0 Å². The maximum Gasteiger partial charge on any atom is 0.167 e. The van der Waals surface area contributed by atoms with E-state index in [1.165, 1.54) is 35.7 Å². The van der Waals surface area contributed by atoms with Crippen LogP contribution in [0.25, 0.3) is 0 Å². The number of thioether (sulfide) groups is 1. The van der Waals surface area contributed by atoms with E-state index in [-0.39, 0.29) is 5.41 Å². The van der Waals surface area contributed by atoms with Gasteiger partial charge in [0.15, 0.2) is 5.17 Å². The van der Waals surface area contributed by atoms with Crippen molar-refractivity contribution < 1.29 is 0 Å². The number of hydrogen-bond acceptors (Lipinski definition) is 3. The lowest BCUT2D eigenvalue weighted by Gasteiger charge is -2.47. The predicted molar refractivity (Wildman–Crippen MR) is 86.3 cm³/mol. The molecule has 0 saturated heterocycles. The Morgan fingerprint density at radius 2 is 2.15 bits per heavy atom. The van der Waals surface area contributed by atoms with Crippen LogP contribution in [0, 0.1) is 0 Å². The fourth-order valence-corrected chi connectivity index (χ4v) is 4.70. The van der Waals surface area contributed by atoms with Crippen LogP contribution < -0.4 is 0 Å². The van der Waals surface area contributed by atoms with Crippen molar-refractivity contribution in [1.29, 1.82) is 0 Å². The van der Waals surface area contributed by atoms with Crippen molar-refractivity contribution in [2.75, 3.05) is 13.1 Å². The summed E-state index contributed by atoms with van der Waals surface area (Å²) in [6.45, 7) is 2.09. The largest absolute Gasteiger partial charge is 0.323 e. The average Bonchev–Trinajstić information content (AvgIpc) is 2.83. The van der Waals surface area contributed by atoms with Crippen LogP contribution in [-0.2, 0) is 5.41 Å². The van der Waals surface area contributed by atoms with E-state index in [4.69, 9.17) is 11.6 Å². The Morgan fingerprint density at radius 3 is 2.90 bits per heavy atom. The zero-order valence-electron chi connectivity index (χ0n) is 11.3. The quantitative estimate of drug-likeness (QED) is 0.804. The van der Waals surface area contributed by atoms with E-state index in [1.807, 2.05) is 6.07 Å². The van der Waals surface area contributed by atoms with E-state index < -0.39 is 0 Å². The van der Waals surface area contributed by atoms with Crippen molar-refractivity contribution in [1.82, 2.24) is 4.90 Å². The van der Waals surface area contributed by atoms with Gasteiger partial charge in [0.25, 0.3) is 0 Å². The van der Waals surface area contributed by atoms with Gasteiger partial charge < -0.3 is 4.90 Å². The molecule has 4 rings (SSSR count). The van der Waals surface area contributed by atoms with Crippen LogP contribution in [0.3, 0.4) is 0 Å². The molecule has 104 valence electrons. The molecule has 0 amide bonds. The molecular formula is C16H17ClN2S. The van der Waals surface area contributed by atoms with Gasteiger partial charge in [-0.3, -0.25) is 4.99 Å². The molecule has 3 aliphatic rings. The summed E-state index contributed by atoms with van der Waals surface area (Å²) in [4.78, 5) is 7.09. The molecule has 1 saturated carbocycles. The van der Waals surface area contributed by atoms with Gasteiger partial charge in [0, 0.05) is 29.2 Å². The highest BCUT2D eigenvalue weighted by molar-refractivity contribution is 8.16. The van der Waals surface area contributed by atoms with Crippen LogP contribution in [0.1, 0.15) is 31.2 Å². The second-order valence-electron chi connectivity index (χ2n) is 5.74. The number of fused-ring (bicyclic) bond motifs is 1. The van der Waals surface area contributed by atoms with Gasteiger partial charge in [-0.25, -0.2) is 0 Å². The Bertz CT molecular complexity index is 604. The van der Waals surface area contributed by atoms with Crippen LogP contribution >= 0.6 is 23.4 Å². The summed E-state index contributed by atoms with van der Waals surface area (Å²) >= 11 is 8.00. The van der Waals surface area contributed by atoms with E-state index in [9.17, 15) is 0 Å². The van der Waals surface area contributed by atoms with Gasteiger partial charge in [0.2, 0.25) is 0 Å². The van der Waals surface area contributed by atoms with E-state index in [0.717, 1.165) is 24.5 Å². The number of allylic oxidation sites excluding steroid dienone is 1. The second-order valence-corrected chi connectivity index (χ2v) is 7.01. The Hall–Kier alpha value is -0.930. The van der Waals surface area contributed by atoms with Gasteiger partial charge in [0.1, 0.15) is 0 Å². The predicted octanol–water partition coefficient (Wildman–Crippen LogP) is 4.41. The molecule has 1 aromatic rings. The van der Waals surface area contributed by atoms with Gasteiger partial charge >= 0.3 is 0 Å². The van der Waals surface area contributed by atoms with Gasteiger partial charge in [-0.15, -0.1) is 0 Å². The number of aliphatic imine (C=N–C) groups is 1. The highest BCUT2D eigenvalue weighted by atomic mass is 35.5. The topological polar surface area (TPSA) is 15.6 Å². The molecule has 0 bridgehead atoms. The summed E-state index contributed by atoms with van der Waals surface area (Å²) in [5.74, 6) is 0. The maximum atomic E-state index is 6.21. The number of rotatable bonds is 2. The first-order valence-electron chi connectivity index (χ1n) is 7.25. The first-order valence-corrected chi connectivity index (χ1v) is 8.51. The standard InChI is InChI=1S/C16H17ClN2S/c17-13-5-1-4-12(10-13)16(6-2-7-16)14-11-20-15-18-8-3-9-19(14)15/h1,4-5,10-11H,2-3,6-9H2. The van der Waals surface area contributed by atoms with Crippen LogP contribution in [0.5, 0.6) is 0 Å². The van der Waals surface area contributed by atoms with Gasteiger partial charge in [0.05, 0.1) is 0 Å². The van der Waals surface area contributed by atoms with E-state index in [1.54, 1.807) is 11.8 Å². The molecule has 0 N–H and O–H groups in total. The summed E-state index contributed by atoms with van der Waals surface area (Å²) in [7, 11) is 0. The molecule has 1 fully saturated rings. The van der Waals surface area contributed by atoms with Crippen LogP contribution in [0.15, 0.2) is 40.4 Å². The zero-order chi connectivity index (χ0) is 13.6. The summed E-state index contributed by atoms with van der Waals surface area (Å²) in [5, 5.41) is 4.36. The van der Waals surface area contributed by atoms with Crippen molar-refractivity contribution in [3.63, 3.8) is 0 Å². The Kier molecular flexibility index (Phi) is 3.08. The molecule has 0 atom stereocenters. The minimum absolute atomic E-state index is 0.173. The Balaban J connectivity index is 1.75. The summed E-state index contributed by atoms with van der Waals surface area (Å²) in [5.41, 5.74) is 3.00. The molecule has 4 heteroatoms. The van der Waals surface area contributed by atoms with E-state index >= 15 is 0 Å². The molecule has 2 heterocycles. The molecule has 0 aromatic heterocycles. The number of benzene rings is 1. The van der Waals surface area contributed by atoms with Crippen molar-refractivity contribution >= 4 is 28.5 Å². The van der Waals surface area contributed by atoms with Crippen LogP contribution in [0.4, 0.5) is 0 Å². The lowest BCUT2D eigenvalue weighted by molar-refractivity contribution is 0.245. The molecule has 2 aliphatic heterocycles. The monoisotopic (exact) mass is 304 g/mol. The van der Waals surface area contributed by atoms with E-state index in [0.29, 0.717) is 0 Å². The lowest BCUT2D eigenvalue weighted by Crippen LogP contribution is -2.44. The third kappa shape index (κ3) is 1.83. The first kappa shape index (κ1) is 12.8. The lowest BCUT2D eigenvalue weighted by atomic mass is 9.62. The third-order valence-corrected chi connectivity index (χ3v) is 5.80. The minimum atomic E-state index is 0.173. The molecule has 0 unspecified atom stereocenters. The fraction of sp³-hybridized carbons (Fsp3) is 0.438. The summed E-state index contributed by atoms with van der Waals surface area (Å²) < 4.78 is 0. The third-order valence-electron chi connectivity index (χ3n) is 4.66. The van der Waals surface area contributed by atoms with Crippen LogP contribution in [0.2, 0.25) is 5.02 Å². The fourth-order valence-electron chi connectivity index (χ4n) is 3.46. The normalized spacial score (nSPS) is 23.8.